The fourth-order valence-electron chi connectivity index (χ4n) is 4.96. The molecule has 0 heterocycles. The molecule has 4 rings (SSSR count). The topological polar surface area (TPSA) is 105 Å². The van der Waals surface area contributed by atoms with Crippen molar-refractivity contribution in [1.82, 2.24) is 10.2 Å². The van der Waals surface area contributed by atoms with E-state index in [0.29, 0.717) is 5.75 Å². The van der Waals surface area contributed by atoms with Gasteiger partial charge in [0, 0.05) is 25.1 Å². The predicted molar refractivity (Wildman–Crippen MR) is 175 cm³/mol. The van der Waals surface area contributed by atoms with Crippen LogP contribution in [0.5, 0.6) is 11.5 Å². The molecule has 4 aromatic rings. The number of hydrogen-bond donors (Lipinski definition) is 1. The van der Waals surface area contributed by atoms with E-state index in [1.807, 2.05) is 74.5 Å². The molecule has 9 nitrogen and oxygen atoms in total. The summed E-state index contributed by atoms with van der Waals surface area (Å²) in [5.74, 6) is -1.08. The lowest BCUT2D eigenvalue weighted by molar-refractivity contribution is -0.140. The van der Waals surface area contributed by atoms with Crippen LogP contribution in [-0.2, 0) is 32.6 Å². The van der Waals surface area contributed by atoms with Crippen LogP contribution >= 0.6 is 0 Å². The number of ether oxygens (including phenoxy) is 2. The molecule has 1 N–H and O–H groups in total. The Labute approximate surface area is 269 Å². The molecule has 0 aromatic heterocycles. The molecule has 242 valence electrons. The minimum Gasteiger partial charge on any atom is -0.493 e. The van der Waals surface area contributed by atoms with E-state index >= 15 is 0 Å². The monoisotopic (exact) mass is 647 g/mol. The maximum absolute atomic E-state index is 14.4. The highest BCUT2D eigenvalue weighted by molar-refractivity contribution is 7.92. The van der Waals surface area contributed by atoms with Gasteiger partial charge in [-0.05, 0) is 61.4 Å². The molecule has 0 saturated heterocycles. The van der Waals surface area contributed by atoms with Gasteiger partial charge in [-0.3, -0.25) is 13.9 Å². The third kappa shape index (κ3) is 8.42. The summed E-state index contributed by atoms with van der Waals surface area (Å²) in [4.78, 5) is 29.4. The Balaban J connectivity index is 1.81. The predicted octanol–water partition coefficient (Wildman–Crippen LogP) is 5.20. The highest BCUT2D eigenvalue weighted by Crippen LogP contribution is 2.32. The third-order valence-corrected chi connectivity index (χ3v) is 9.00. The van der Waals surface area contributed by atoms with Crippen molar-refractivity contribution in [3.63, 3.8) is 0 Å². The van der Waals surface area contributed by atoms with Crippen LogP contribution in [0.1, 0.15) is 25.0 Å². The van der Waals surface area contributed by atoms with Crippen LogP contribution in [0.2, 0.25) is 0 Å². The molecule has 0 fully saturated rings. The molecule has 2 amide bonds. The van der Waals surface area contributed by atoms with E-state index < -0.39 is 34.3 Å². The van der Waals surface area contributed by atoms with Crippen molar-refractivity contribution < 1.29 is 31.9 Å². The van der Waals surface area contributed by atoms with Crippen molar-refractivity contribution in [2.24, 2.45) is 0 Å². The van der Waals surface area contributed by atoms with Gasteiger partial charge in [-0.15, -0.1) is 0 Å². The van der Waals surface area contributed by atoms with Gasteiger partial charge in [0.1, 0.15) is 18.4 Å². The summed E-state index contributed by atoms with van der Waals surface area (Å²) < 4.78 is 53.9. The lowest BCUT2D eigenvalue weighted by Gasteiger charge is -2.34. The van der Waals surface area contributed by atoms with Crippen molar-refractivity contribution in [1.29, 1.82) is 0 Å². The molecule has 0 aliphatic carbocycles. The Kier molecular flexibility index (Phi) is 11.4. The van der Waals surface area contributed by atoms with Gasteiger partial charge in [0.25, 0.3) is 10.0 Å². The number of carbonyl (C=O) groups is 2. The summed E-state index contributed by atoms with van der Waals surface area (Å²) in [6, 6.07) is 26.2. The van der Waals surface area contributed by atoms with Crippen molar-refractivity contribution in [2.45, 2.75) is 43.8 Å². The van der Waals surface area contributed by atoms with Gasteiger partial charge < -0.3 is 19.7 Å². The summed E-state index contributed by atoms with van der Waals surface area (Å²) in [7, 11) is -1.61. The zero-order valence-electron chi connectivity index (χ0n) is 26.2. The fraction of sp³-hybridized carbons (Fsp3) is 0.257. The van der Waals surface area contributed by atoms with E-state index in [9.17, 15) is 22.4 Å². The second-order valence-electron chi connectivity index (χ2n) is 10.9. The van der Waals surface area contributed by atoms with Gasteiger partial charge in [-0.1, -0.05) is 60.7 Å². The van der Waals surface area contributed by atoms with Gasteiger partial charge in [-0.25, -0.2) is 12.8 Å². The van der Waals surface area contributed by atoms with E-state index in [4.69, 9.17) is 9.47 Å². The molecule has 0 aliphatic heterocycles. The van der Waals surface area contributed by atoms with Crippen LogP contribution in [0.4, 0.5) is 10.1 Å². The van der Waals surface area contributed by atoms with Crippen LogP contribution in [0.15, 0.2) is 108 Å². The fourth-order valence-corrected chi connectivity index (χ4v) is 6.39. The second-order valence-corrected chi connectivity index (χ2v) is 12.7. The van der Waals surface area contributed by atoms with E-state index in [0.717, 1.165) is 27.6 Å². The highest BCUT2D eigenvalue weighted by atomic mass is 32.2. The summed E-state index contributed by atoms with van der Waals surface area (Å²) >= 11 is 0. The number of amides is 2. The number of halogens is 1. The molecule has 0 radical (unpaired) electrons. The smallest absolute Gasteiger partial charge is 0.264 e. The van der Waals surface area contributed by atoms with Crippen LogP contribution in [0, 0.1) is 5.82 Å². The Bertz CT molecular complexity index is 1720. The zero-order valence-corrected chi connectivity index (χ0v) is 27.0. The van der Waals surface area contributed by atoms with Crippen molar-refractivity contribution in [3.8, 4) is 11.5 Å². The third-order valence-electron chi connectivity index (χ3n) is 7.23. The SMILES string of the molecule is COc1ccc(S(=O)(=O)N(CC(=O)N(Cc2ccccc2)C(Cc2ccccc2)C(=O)NC(C)C)c2ccc(F)cc2)cc1OC. The van der Waals surface area contributed by atoms with Crippen LogP contribution in [0.25, 0.3) is 0 Å². The molecule has 4 aromatic carbocycles. The van der Waals surface area contributed by atoms with E-state index in [1.54, 1.807) is 0 Å². The maximum Gasteiger partial charge on any atom is 0.264 e. The van der Waals surface area contributed by atoms with Gasteiger partial charge >= 0.3 is 0 Å². The number of benzene rings is 4. The number of hydrogen-bond acceptors (Lipinski definition) is 6. The normalized spacial score (nSPS) is 11.9. The van der Waals surface area contributed by atoms with Gasteiger partial charge in [-0.2, -0.15) is 0 Å². The number of methoxy groups -OCH3 is 2. The molecule has 46 heavy (non-hydrogen) atoms. The average molecular weight is 648 g/mol. The molecule has 1 atom stereocenters. The highest BCUT2D eigenvalue weighted by Gasteiger charge is 2.35. The van der Waals surface area contributed by atoms with Gasteiger partial charge in [0.15, 0.2) is 11.5 Å². The van der Waals surface area contributed by atoms with Crippen LogP contribution in [0.3, 0.4) is 0 Å². The Morgan fingerprint density at radius 2 is 1.39 bits per heavy atom. The minimum absolute atomic E-state index is 0.0380. The Morgan fingerprint density at radius 3 is 1.96 bits per heavy atom. The van der Waals surface area contributed by atoms with Crippen molar-refractivity contribution in [2.75, 3.05) is 25.1 Å². The summed E-state index contributed by atoms with van der Waals surface area (Å²) in [5.41, 5.74) is 1.64. The quantitative estimate of drug-likeness (QED) is 0.202. The molecule has 0 aliphatic rings. The zero-order chi connectivity index (χ0) is 33.3. The van der Waals surface area contributed by atoms with E-state index in [-0.39, 0.29) is 41.2 Å². The first-order valence-corrected chi connectivity index (χ1v) is 16.2. The van der Waals surface area contributed by atoms with Crippen LogP contribution < -0.4 is 19.1 Å². The van der Waals surface area contributed by atoms with E-state index in [1.165, 1.54) is 49.5 Å². The number of nitrogens with zero attached hydrogens (tertiary/aromatic N) is 2. The first-order chi connectivity index (χ1) is 22.0. The standard InChI is InChI=1S/C35H38FN3O6S/c1-25(2)37-35(41)31(21-26-11-7-5-8-12-26)38(23-27-13-9-6-10-14-27)34(40)24-39(29-17-15-28(36)16-18-29)46(42,43)30-19-20-32(44-3)33(22-30)45-4/h5-20,22,25,31H,21,23-24H2,1-4H3,(H,37,41). The number of rotatable bonds is 14. The number of anilines is 1. The number of nitrogens with one attached hydrogen (secondary N) is 1. The average Bonchev–Trinajstić information content (AvgIpc) is 3.05. The summed E-state index contributed by atoms with van der Waals surface area (Å²) in [5, 5.41) is 2.92. The lowest BCUT2D eigenvalue weighted by atomic mass is 10.0. The molecule has 0 spiro atoms. The summed E-state index contributed by atoms with van der Waals surface area (Å²) in [6.45, 7) is 3.02. The second kappa shape index (κ2) is 15.4. The summed E-state index contributed by atoms with van der Waals surface area (Å²) in [6.07, 6.45) is 0.191. The van der Waals surface area contributed by atoms with Crippen molar-refractivity contribution in [3.05, 3.63) is 120 Å². The minimum atomic E-state index is -4.42. The van der Waals surface area contributed by atoms with Gasteiger partial charge in [0.05, 0.1) is 24.8 Å². The van der Waals surface area contributed by atoms with Crippen molar-refractivity contribution >= 4 is 27.5 Å². The molecule has 0 bridgehead atoms. The first kappa shape index (κ1) is 34.0. The molecular weight excluding hydrogens is 609 g/mol. The maximum atomic E-state index is 14.4. The molecule has 1 unspecified atom stereocenters. The first-order valence-electron chi connectivity index (χ1n) is 14.7. The largest absolute Gasteiger partial charge is 0.493 e. The van der Waals surface area contributed by atoms with E-state index in [2.05, 4.69) is 5.32 Å². The molecular formula is C35H38FN3O6S. The number of carbonyl (C=O) groups excluding carboxylic acids is 2. The number of sulfonamides is 1. The Morgan fingerprint density at radius 1 is 0.804 bits per heavy atom. The Hall–Kier alpha value is -4.90. The van der Waals surface area contributed by atoms with Gasteiger partial charge in [0.2, 0.25) is 11.8 Å². The molecule has 0 saturated carbocycles. The molecule has 11 heteroatoms. The van der Waals surface area contributed by atoms with Crippen LogP contribution in [-0.4, -0.2) is 58.0 Å². The lowest BCUT2D eigenvalue weighted by Crippen LogP contribution is -2.54.